The molecule has 20 heavy (non-hydrogen) atoms. The number of rotatable bonds is 3. The van der Waals surface area contributed by atoms with Crippen LogP contribution in [0.25, 0.3) is 0 Å². The topological polar surface area (TPSA) is 55.4 Å². The molecule has 0 fully saturated rings. The van der Waals surface area contributed by atoms with Crippen molar-refractivity contribution in [3.63, 3.8) is 0 Å². The zero-order valence-corrected chi connectivity index (χ0v) is 12.3. The average Bonchev–Trinajstić information content (AvgIpc) is 2.41. The van der Waals surface area contributed by atoms with Crippen LogP contribution in [0.4, 0.5) is 5.69 Å². The first-order valence-electron chi connectivity index (χ1n) is 5.90. The van der Waals surface area contributed by atoms with E-state index in [1.807, 2.05) is 12.1 Å². The minimum absolute atomic E-state index is 0.245. The molecule has 0 aliphatic heterocycles. The van der Waals surface area contributed by atoms with Gasteiger partial charge < -0.3 is 10.1 Å². The average molecular weight is 334 g/mol. The maximum absolute atomic E-state index is 12.2. The first-order chi connectivity index (χ1) is 9.56. The van der Waals surface area contributed by atoms with Crippen molar-refractivity contribution in [1.82, 2.24) is 0 Å². The standard InChI is InChI=1S/C15H12BrNO3/c1-10(18)20-14-5-3-2-4-13(14)15(19)17-12-8-6-11(16)7-9-12/h2-9H,1H3,(H,17,19). The van der Waals surface area contributed by atoms with E-state index in [0.29, 0.717) is 11.3 Å². The number of para-hydroxylation sites is 1. The zero-order valence-electron chi connectivity index (χ0n) is 10.7. The Morgan fingerprint density at radius 2 is 1.70 bits per heavy atom. The molecule has 0 spiro atoms. The van der Waals surface area contributed by atoms with Crippen LogP contribution >= 0.6 is 15.9 Å². The van der Waals surface area contributed by atoms with Gasteiger partial charge in [-0.15, -0.1) is 0 Å². The van der Waals surface area contributed by atoms with Crippen LogP contribution in [0.1, 0.15) is 17.3 Å². The number of esters is 1. The molecule has 0 aliphatic rings. The second-order valence-electron chi connectivity index (χ2n) is 4.05. The van der Waals surface area contributed by atoms with Gasteiger partial charge in [0.25, 0.3) is 5.91 Å². The van der Waals surface area contributed by atoms with Crippen LogP contribution in [0, 0.1) is 0 Å². The van der Waals surface area contributed by atoms with Crippen LogP contribution in [-0.4, -0.2) is 11.9 Å². The smallest absolute Gasteiger partial charge is 0.308 e. The third-order valence-electron chi connectivity index (χ3n) is 2.49. The summed E-state index contributed by atoms with van der Waals surface area (Å²) in [6.45, 7) is 1.30. The fourth-order valence-corrected chi connectivity index (χ4v) is 1.89. The number of benzene rings is 2. The number of hydrogen-bond donors (Lipinski definition) is 1. The molecule has 4 nitrogen and oxygen atoms in total. The van der Waals surface area contributed by atoms with Crippen molar-refractivity contribution in [2.24, 2.45) is 0 Å². The van der Waals surface area contributed by atoms with Gasteiger partial charge in [-0.3, -0.25) is 9.59 Å². The van der Waals surface area contributed by atoms with Gasteiger partial charge in [0.2, 0.25) is 0 Å². The number of anilines is 1. The van der Waals surface area contributed by atoms with E-state index in [9.17, 15) is 9.59 Å². The van der Waals surface area contributed by atoms with Gasteiger partial charge >= 0.3 is 5.97 Å². The predicted molar refractivity (Wildman–Crippen MR) is 79.8 cm³/mol. The number of nitrogens with one attached hydrogen (secondary N) is 1. The van der Waals surface area contributed by atoms with Crippen LogP contribution in [-0.2, 0) is 4.79 Å². The van der Waals surface area contributed by atoms with E-state index in [1.165, 1.54) is 6.92 Å². The molecule has 0 unspecified atom stereocenters. The second kappa shape index (κ2) is 6.34. The minimum Gasteiger partial charge on any atom is -0.426 e. The SMILES string of the molecule is CC(=O)Oc1ccccc1C(=O)Nc1ccc(Br)cc1. The quantitative estimate of drug-likeness (QED) is 0.689. The summed E-state index contributed by atoms with van der Waals surface area (Å²) in [6.07, 6.45) is 0. The van der Waals surface area contributed by atoms with Crippen LogP contribution in [0.5, 0.6) is 5.75 Å². The number of hydrogen-bond acceptors (Lipinski definition) is 3. The van der Waals surface area contributed by atoms with Crippen molar-refractivity contribution in [2.45, 2.75) is 6.92 Å². The van der Waals surface area contributed by atoms with Gasteiger partial charge in [0.1, 0.15) is 5.75 Å². The number of halogens is 1. The van der Waals surface area contributed by atoms with E-state index in [2.05, 4.69) is 21.2 Å². The van der Waals surface area contributed by atoms with E-state index < -0.39 is 5.97 Å². The zero-order chi connectivity index (χ0) is 14.5. The molecule has 5 heteroatoms. The highest BCUT2D eigenvalue weighted by atomic mass is 79.9. The third-order valence-corrected chi connectivity index (χ3v) is 3.02. The molecule has 0 heterocycles. The molecule has 2 aromatic rings. The number of carbonyl (C=O) groups excluding carboxylic acids is 2. The lowest BCUT2D eigenvalue weighted by atomic mass is 10.2. The molecule has 0 atom stereocenters. The Kier molecular flexibility index (Phi) is 4.53. The van der Waals surface area contributed by atoms with Crippen molar-refractivity contribution in [1.29, 1.82) is 0 Å². The lowest BCUT2D eigenvalue weighted by Crippen LogP contribution is -2.14. The summed E-state index contributed by atoms with van der Waals surface area (Å²) in [4.78, 5) is 23.2. The molecule has 0 saturated carbocycles. The van der Waals surface area contributed by atoms with E-state index in [-0.39, 0.29) is 11.7 Å². The lowest BCUT2D eigenvalue weighted by molar-refractivity contribution is -0.131. The van der Waals surface area contributed by atoms with Crippen molar-refractivity contribution in [3.8, 4) is 5.75 Å². The summed E-state index contributed by atoms with van der Waals surface area (Å²) >= 11 is 3.33. The maximum atomic E-state index is 12.2. The Hall–Kier alpha value is -2.14. The van der Waals surface area contributed by atoms with E-state index in [0.717, 1.165) is 4.47 Å². The summed E-state index contributed by atoms with van der Waals surface area (Å²) in [5, 5.41) is 2.75. The molecule has 0 aromatic heterocycles. The molecule has 0 radical (unpaired) electrons. The van der Waals surface area contributed by atoms with Crippen LogP contribution in [0.2, 0.25) is 0 Å². The summed E-state index contributed by atoms with van der Waals surface area (Å²) in [5.41, 5.74) is 0.974. The number of amides is 1. The van der Waals surface area contributed by atoms with Gasteiger partial charge in [0, 0.05) is 17.1 Å². The lowest BCUT2D eigenvalue weighted by Gasteiger charge is -2.09. The van der Waals surface area contributed by atoms with Crippen molar-refractivity contribution in [3.05, 3.63) is 58.6 Å². The molecule has 0 aliphatic carbocycles. The fraction of sp³-hybridized carbons (Fsp3) is 0.0667. The molecular weight excluding hydrogens is 322 g/mol. The Labute approximate surface area is 124 Å². The summed E-state index contributed by atoms with van der Waals surface area (Å²) in [7, 11) is 0. The summed E-state index contributed by atoms with van der Waals surface area (Å²) in [6, 6.07) is 13.8. The third kappa shape index (κ3) is 3.68. The fourth-order valence-electron chi connectivity index (χ4n) is 1.63. The van der Waals surface area contributed by atoms with Crippen molar-refractivity contribution < 1.29 is 14.3 Å². The summed E-state index contributed by atoms with van der Waals surface area (Å²) in [5.74, 6) is -0.548. The highest BCUT2D eigenvalue weighted by Crippen LogP contribution is 2.20. The Bertz CT molecular complexity index is 638. The predicted octanol–water partition coefficient (Wildman–Crippen LogP) is 3.63. The molecule has 102 valence electrons. The van der Waals surface area contributed by atoms with Gasteiger partial charge in [-0.1, -0.05) is 28.1 Å². The van der Waals surface area contributed by atoms with Crippen LogP contribution in [0.3, 0.4) is 0 Å². The van der Waals surface area contributed by atoms with Crippen LogP contribution in [0.15, 0.2) is 53.0 Å². The second-order valence-corrected chi connectivity index (χ2v) is 4.97. The summed E-state index contributed by atoms with van der Waals surface area (Å²) < 4.78 is 5.94. The van der Waals surface area contributed by atoms with Crippen molar-refractivity contribution >= 4 is 33.5 Å². The first-order valence-corrected chi connectivity index (χ1v) is 6.70. The first kappa shape index (κ1) is 14.3. The van der Waals surface area contributed by atoms with Crippen LogP contribution < -0.4 is 10.1 Å². The normalized spacial score (nSPS) is 9.90. The maximum Gasteiger partial charge on any atom is 0.308 e. The van der Waals surface area contributed by atoms with Crippen molar-refractivity contribution in [2.75, 3.05) is 5.32 Å². The van der Waals surface area contributed by atoms with Gasteiger partial charge in [-0.2, -0.15) is 0 Å². The molecular formula is C15H12BrNO3. The van der Waals surface area contributed by atoms with Gasteiger partial charge in [-0.05, 0) is 36.4 Å². The molecule has 2 aromatic carbocycles. The van der Waals surface area contributed by atoms with E-state index >= 15 is 0 Å². The largest absolute Gasteiger partial charge is 0.426 e. The van der Waals surface area contributed by atoms with E-state index in [1.54, 1.807) is 36.4 Å². The minimum atomic E-state index is -0.464. The van der Waals surface area contributed by atoms with Gasteiger partial charge in [0.05, 0.1) is 5.56 Å². The molecule has 0 saturated heterocycles. The molecule has 0 bridgehead atoms. The molecule has 1 N–H and O–H groups in total. The monoisotopic (exact) mass is 333 g/mol. The van der Waals surface area contributed by atoms with E-state index in [4.69, 9.17) is 4.74 Å². The van der Waals surface area contributed by atoms with Gasteiger partial charge in [0.15, 0.2) is 0 Å². The molecule has 2 rings (SSSR count). The highest BCUT2D eigenvalue weighted by Gasteiger charge is 2.13. The Morgan fingerprint density at radius 1 is 1.05 bits per heavy atom. The Morgan fingerprint density at radius 3 is 2.35 bits per heavy atom. The van der Waals surface area contributed by atoms with Gasteiger partial charge in [-0.25, -0.2) is 0 Å². The number of ether oxygens (including phenoxy) is 1. The Balaban J connectivity index is 2.20. The number of carbonyl (C=O) groups is 2. The molecule has 1 amide bonds. The highest BCUT2D eigenvalue weighted by molar-refractivity contribution is 9.10.